The largest absolute Gasteiger partial charge is 0.490 e. The maximum Gasteiger partial charge on any atom is 0.124 e. The minimum Gasteiger partial charge on any atom is -0.490 e. The fourth-order valence-electron chi connectivity index (χ4n) is 2.28. The van der Waals surface area contributed by atoms with Crippen molar-refractivity contribution in [2.75, 3.05) is 6.54 Å². The van der Waals surface area contributed by atoms with Crippen LogP contribution in [0.25, 0.3) is 0 Å². The van der Waals surface area contributed by atoms with Crippen LogP contribution >= 0.6 is 15.9 Å². The Morgan fingerprint density at radius 2 is 2.24 bits per heavy atom. The molecule has 2 rings (SSSR count). The fourth-order valence-corrected chi connectivity index (χ4v) is 2.66. The number of fused-ring (bicyclic) bond motifs is 1. The van der Waals surface area contributed by atoms with Crippen molar-refractivity contribution in [3.63, 3.8) is 0 Å². The van der Waals surface area contributed by atoms with E-state index < -0.39 is 0 Å². The number of benzene rings is 1. The van der Waals surface area contributed by atoms with E-state index in [1.165, 1.54) is 5.56 Å². The summed E-state index contributed by atoms with van der Waals surface area (Å²) in [6.45, 7) is 5.45. The lowest BCUT2D eigenvalue weighted by Crippen LogP contribution is -2.33. The van der Waals surface area contributed by atoms with Crippen LogP contribution in [0.1, 0.15) is 44.7 Å². The summed E-state index contributed by atoms with van der Waals surface area (Å²) in [4.78, 5) is 0. The number of halogens is 1. The Bertz CT molecular complexity index is 380. The van der Waals surface area contributed by atoms with Gasteiger partial charge in [-0.25, -0.2) is 0 Å². The number of nitrogens with one attached hydrogen (secondary N) is 1. The second-order valence-corrected chi connectivity index (χ2v) is 5.49. The van der Waals surface area contributed by atoms with E-state index in [9.17, 15) is 0 Å². The second kappa shape index (κ2) is 5.87. The lowest BCUT2D eigenvalue weighted by Gasteiger charge is -2.32. The second-order valence-electron chi connectivity index (χ2n) is 4.57. The third kappa shape index (κ3) is 3.02. The van der Waals surface area contributed by atoms with E-state index in [2.05, 4.69) is 47.2 Å². The van der Waals surface area contributed by atoms with Crippen molar-refractivity contribution in [1.29, 1.82) is 0 Å². The molecule has 1 heterocycles. The Balaban J connectivity index is 2.24. The quantitative estimate of drug-likeness (QED) is 0.905. The van der Waals surface area contributed by atoms with Crippen LogP contribution in [0.5, 0.6) is 5.75 Å². The number of ether oxygens (including phenoxy) is 1. The highest BCUT2D eigenvalue weighted by Crippen LogP contribution is 2.37. The van der Waals surface area contributed by atoms with Gasteiger partial charge in [0.2, 0.25) is 0 Å². The zero-order valence-corrected chi connectivity index (χ0v) is 12.1. The molecule has 94 valence electrons. The van der Waals surface area contributed by atoms with E-state index in [-0.39, 0.29) is 0 Å². The van der Waals surface area contributed by atoms with Crippen LogP contribution in [-0.4, -0.2) is 12.6 Å². The molecule has 0 amide bonds. The highest BCUT2D eigenvalue weighted by molar-refractivity contribution is 9.10. The smallest absolute Gasteiger partial charge is 0.124 e. The van der Waals surface area contributed by atoms with Crippen LogP contribution in [0.15, 0.2) is 22.7 Å². The zero-order valence-electron chi connectivity index (χ0n) is 10.5. The van der Waals surface area contributed by atoms with Crippen LogP contribution in [0.4, 0.5) is 0 Å². The van der Waals surface area contributed by atoms with Crippen molar-refractivity contribution in [2.45, 2.75) is 45.3 Å². The summed E-state index contributed by atoms with van der Waals surface area (Å²) in [6, 6.07) is 6.73. The van der Waals surface area contributed by atoms with Gasteiger partial charge in [-0.15, -0.1) is 0 Å². The molecule has 2 unspecified atom stereocenters. The van der Waals surface area contributed by atoms with Gasteiger partial charge in [-0.05, 0) is 37.6 Å². The first kappa shape index (κ1) is 12.9. The maximum atomic E-state index is 5.99. The number of hydrogen-bond acceptors (Lipinski definition) is 2. The standard InChI is InChI=1S/C14H20BrNO/c1-3-7-16-13-9-11(4-2)17-14-6-5-10(15)8-12(13)14/h5-6,8,11,13,16H,3-4,7,9H2,1-2H3. The molecule has 1 aromatic rings. The fraction of sp³-hybridized carbons (Fsp3) is 0.571. The highest BCUT2D eigenvalue weighted by Gasteiger charge is 2.26. The van der Waals surface area contributed by atoms with E-state index in [0.29, 0.717) is 12.1 Å². The first-order valence-electron chi connectivity index (χ1n) is 6.44. The Morgan fingerprint density at radius 1 is 1.41 bits per heavy atom. The van der Waals surface area contributed by atoms with Crippen molar-refractivity contribution < 1.29 is 4.74 Å². The zero-order chi connectivity index (χ0) is 12.3. The van der Waals surface area contributed by atoms with E-state index in [1.807, 2.05) is 6.07 Å². The van der Waals surface area contributed by atoms with Crippen LogP contribution in [0.3, 0.4) is 0 Å². The van der Waals surface area contributed by atoms with Crippen molar-refractivity contribution in [1.82, 2.24) is 5.32 Å². The SMILES string of the molecule is CCCNC1CC(CC)Oc2ccc(Br)cc21. The molecule has 0 aliphatic carbocycles. The van der Waals surface area contributed by atoms with Gasteiger partial charge < -0.3 is 10.1 Å². The lowest BCUT2D eigenvalue weighted by molar-refractivity contribution is 0.146. The Kier molecular flexibility index (Phi) is 4.46. The molecule has 1 N–H and O–H groups in total. The average Bonchev–Trinajstić information content (AvgIpc) is 2.35. The van der Waals surface area contributed by atoms with Crippen LogP contribution in [-0.2, 0) is 0 Å². The number of hydrogen-bond donors (Lipinski definition) is 1. The summed E-state index contributed by atoms with van der Waals surface area (Å²) in [7, 11) is 0. The molecule has 0 bridgehead atoms. The molecule has 3 heteroatoms. The van der Waals surface area contributed by atoms with Gasteiger partial charge in [0.25, 0.3) is 0 Å². The van der Waals surface area contributed by atoms with Gasteiger partial charge in [-0.2, -0.15) is 0 Å². The lowest BCUT2D eigenvalue weighted by atomic mass is 9.95. The monoisotopic (exact) mass is 297 g/mol. The summed E-state index contributed by atoms with van der Waals surface area (Å²) < 4.78 is 7.11. The normalized spacial score (nSPS) is 23.0. The van der Waals surface area contributed by atoms with Crippen LogP contribution < -0.4 is 10.1 Å². The molecule has 0 saturated carbocycles. The van der Waals surface area contributed by atoms with E-state index in [0.717, 1.165) is 36.0 Å². The first-order chi connectivity index (χ1) is 8.24. The molecule has 0 fully saturated rings. The predicted molar refractivity (Wildman–Crippen MR) is 74.5 cm³/mol. The molecule has 2 nitrogen and oxygen atoms in total. The Hall–Kier alpha value is -0.540. The number of rotatable bonds is 4. The minimum absolute atomic E-state index is 0.345. The van der Waals surface area contributed by atoms with Crippen molar-refractivity contribution >= 4 is 15.9 Å². The summed E-state index contributed by atoms with van der Waals surface area (Å²) >= 11 is 3.53. The van der Waals surface area contributed by atoms with Crippen LogP contribution in [0.2, 0.25) is 0 Å². The van der Waals surface area contributed by atoms with E-state index in [1.54, 1.807) is 0 Å². The molecule has 1 aliphatic heterocycles. The Labute approximate surface area is 112 Å². The first-order valence-corrected chi connectivity index (χ1v) is 7.23. The molecule has 0 spiro atoms. The van der Waals surface area contributed by atoms with Crippen molar-refractivity contribution in [3.05, 3.63) is 28.2 Å². The van der Waals surface area contributed by atoms with Crippen molar-refractivity contribution in [2.24, 2.45) is 0 Å². The summed E-state index contributed by atoms with van der Waals surface area (Å²) in [5.74, 6) is 1.04. The minimum atomic E-state index is 0.345. The summed E-state index contributed by atoms with van der Waals surface area (Å²) in [5.41, 5.74) is 1.29. The third-order valence-electron chi connectivity index (χ3n) is 3.24. The van der Waals surface area contributed by atoms with Gasteiger partial charge in [0.05, 0.1) is 0 Å². The molecular formula is C14H20BrNO. The van der Waals surface area contributed by atoms with E-state index >= 15 is 0 Å². The molecule has 0 radical (unpaired) electrons. The highest BCUT2D eigenvalue weighted by atomic mass is 79.9. The van der Waals surface area contributed by atoms with Crippen molar-refractivity contribution in [3.8, 4) is 5.75 Å². The molecule has 17 heavy (non-hydrogen) atoms. The maximum absolute atomic E-state index is 5.99. The molecule has 0 aromatic heterocycles. The summed E-state index contributed by atoms with van der Waals surface area (Å²) in [6.07, 6.45) is 3.65. The third-order valence-corrected chi connectivity index (χ3v) is 3.73. The molecule has 1 aliphatic rings. The Morgan fingerprint density at radius 3 is 2.94 bits per heavy atom. The van der Waals surface area contributed by atoms with Crippen LogP contribution in [0, 0.1) is 0 Å². The van der Waals surface area contributed by atoms with Gasteiger partial charge in [0, 0.05) is 22.5 Å². The van der Waals surface area contributed by atoms with Gasteiger partial charge in [-0.3, -0.25) is 0 Å². The molecule has 0 saturated heterocycles. The van der Waals surface area contributed by atoms with E-state index in [4.69, 9.17) is 4.74 Å². The molecule has 1 aromatic carbocycles. The van der Waals surface area contributed by atoms with Gasteiger partial charge in [0.15, 0.2) is 0 Å². The molecular weight excluding hydrogens is 278 g/mol. The average molecular weight is 298 g/mol. The predicted octanol–water partition coefficient (Wildman–Crippen LogP) is 4.05. The van der Waals surface area contributed by atoms with Gasteiger partial charge in [0.1, 0.15) is 11.9 Å². The van der Waals surface area contributed by atoms with Gasteiger partial charge in [-0.1, -0.05) is 29.8 Å². The summed E-state index contributed by atoms with van der Waals surface area (Å²) in [5, 5.41) is 3.62. The van der Waals surface area contributed by atoms with Gasteiger partial charge >= 0.3 is 0 Å². The molecule has 2 atom stereocenters. The topological polar surface area (TPSA) is 21.3 Å².